The molecule has 1 saturated carbocycles. The number of thiazole rings is 1. The first-order valence-corrected chi connectivity index (χ1v) is 18.6. The molecule has 0 unspecified atom stereocenters. The number of benzene rings is 1. The zero-order valence-electron chi connectivity index (χ0n) is 27.6. The molecule has 1 fully saturated rings. The van der Waals surface area contributed by atoms with Crippen LogP contribution in [0.5, 0.6) is 0 Å². The molecule has 1 aromatic carbocycles. The van der Waals surface area contributed by atoms with E-state index < -0.39 is 51.7 Å². The van der Waals surface area contributed by atoms with E-state index in [2.05, 4.69) is 25.3 Å². The minimum Gasteiger partial charge on any atom is -0.465 e. The van der Waals surface area contributed by atoms with E-state index in [0.29, 0.717) is 24.8 Å². The lowest BCUT2D eigenvalue weighted by molar-refractivity contribution is -0.131. The molecule has 1 heterocycles. The fraction of sp³-hybridized carbons (Fsp3) is 0.562. The van der Waals surface area contributed by atoms with Crippen LogP contribution >= 0.6 is 11.3 Å². The Morgan fingerprint density at radius 2 is 1.77 bits per heavy atom. The molecular weight excluding hydrogens is 659 g/mol. The monoisotopic (exact) mass is 705 g/mol. The number of sulfonamides is 1. The van der Waals surface area contributed by atoms with E-state index in [9.17, 15) is 27.6 Å². The van der Waals surface area contributed by atoms with Crippen LogP contribution in [0.1, 0.15) is 90.9 Å². The quantitative estimate of drug-likeness (QED) is 0.0500. The zero-order chi connectivity index (χ0) is 35.3. The van der Waals surface area contributed by atoms with E-state index in [1.807, 2.05) is 13.8 Å². The third-order valence-corrected chi connectivity index (χ3v) is 10.1. The Balaban J connectivity index is 1.81. The number of carbonyl (C=O) groups is 4. The maximum absolute atomic E-state index is 13.9. The second kappa shape index (κ2) is 18.6. The highest BCUT2D eigenvalue weighted by atomic mass is 32.2. The second-order valence-corrected chi connectivity index (χ2v) is 15.0. The first-order valence-electron chi connectivity index (χ1n) is 16.1. The molecular formula is C32H47N7O7S2. The van der Waals surface area contributed by atoms with Crippen molar-refractivity contribution in [1.82, 2.24) is 20.3 Å². The van der Waals surface area contributed by atoms with Gasteiger partial charge in [-0.3, -0.25) is 19.4 Å². The smallest absolute Gasteiger partial charge is 0.337 e. The van der Waals surface area contributed by atoms with Gasteiger partial charge in [0.05, 0.1) is 24.5 Å². The fourth-order valence-corrected chi connectivity index (χ4v) is 7.71. The van der Waals surface area contributed by atoms with Crippen molar-refractivity contribution in [3.8, 4) is 0 Å². The molecule has 2 aromatic rings. The molecule has 0 bridgehead atoms. The van der Waals surface area contributed by atoms with Crippen LogP contribution in [0, 0.1) is 11.8 Å². The minimum atomic E-state index is -4.07. The summed E-state index contributed by atoms with van der Waals surface area (Å²) in [6.45, 7) is 4.04. The van der Waals surface area contributed by atoms with Gasteiger partial charge in [-0.1, -0.05) is 45.2 Å². The van der Waals surface area contributed by atoms with Crippen molar-refractivity contribution in [2.75, 3.05) is 13.7 Å². The van der Waals surface area contributed by atoms with Gasteiger partial charge in [0, 0.05) is 18.1 Å². The highest BCUT2D eigenvalue weighted by molar-refractivity contribution is 7.88. The lowest BCUT2D eigenvalue weighted by atomic mass is 9.84. The summed E-state index contributed by atoms with van der Waals surface area (Å²) in [6.07, 6.45) is 6.31. The van der Waals surface area contributed by atoms with E-state index >= 15 is 0 Å². The van der Waals surface area contributed by atoms with E-state index in [-0.39, 0.29) is 53.5 Å². The summed E-state index contributed by atoms with van der Waals surface area (Å²) in [6, 6.07) is 2.97. The summed E-state index contributed by atoms with van der Waals surface area (Å²) in [7, 11) is -2.84. The van der Waals surface area contributed by atoms with Crippen molar-refractivity contribution >= 4 is 50.9 Å². The number of nitrogens with zero attached hydrogens (tertiary/aromatic N) is 2. The molecule has 3 rings (SSSR count). The lowest BCUT2D eigenvalue weighted by Gasteiger charge is -2.31. The van der Waals surface area contributed by atoms with Crippen molar-refractivity contribution < 1.29 is 32.3 Å². The minimum absolute atomic E-state index is 0.0251. The Bertz CT molecular complexity index is 1520. The number of ketones is 1. The van der Waals surface area contributed by atoms with Gasteiger partial charge in [0.25, 0.3) is 0 Å². The standard InChI is InChI=1S/C32H47N7O7S2/c1-20(2)17-25(28(41)37-24(13-8-14-36-32(33)34)27(40)30-35-15-16-47-30)38-29(42)26(22-10-5-4-6-11-22)39-48(44,45)19-21-9-7-12-23(18-21)31(43)46-3/h7,9,12,15-16,18,20,22,24-26,39H,4-6,8,10-11,13-14,17,19H2,1-3H3,(H,37,41)(H,38,42)(H4,33,34,36)/t24-,25-,26+/m0/s1. The maximum atomic E-state index is 13.9. The van der Waals surface area contributed by atoms with E-state index in [1.54, 1.807) is 17.5 Å². The maximum Gasteiger partial charge on any atom is 0.337 e. The largest absolute Gasteiger partial charge is 0.465 e. The molecule has 0 saturated heterocycles. The molecule has 0 spiro atoms. The normalized spacial score (nSPS) is 15.6. The van der Waals surface area contributed by atoms with Crippen molar-refractivity contribution in [2.45, 2.75) is 89.1 Å². The molecule has 0 aliphatic heterocycles. The molecule has 264 valence electrons. The van der Waals surface area contributed by atoms with Crippen molar-refractivity contribution in [3.05, 3.63) is 52.0 Å². The number of esters is 1. The van der Waals surface area contributed by atoms with Gasteiger partial charge in [0.2, 0.25) is 27.6 Å². The first-order chi connectivity index (χ1) is 22.8. The molecule has 0 radical (unpaired) electrons. The average Bonchev–Trinajstić information content (AvgIpc) is 3.59. The number of carbonyl (C=O) groups excluding carboxylic acids is 4. The van der Waals surface area contributed by atoms with Gasteiger partial charge in [0.1, 0.15) is 12.1 Å². The van der Waals surface area contributed by atoms with Crippen LogP contribution < -0.4 is 26.8 Å². The fourth-order valence-electron chi connectivity index (χ4n) is 5.70. The molecule has 14 nitrogen and oxygen atoms in total. The summed E-state index contributed by atoms with van der Waals surface area (Å²) >= 11 is 1.15. The summed E-state index contributed by atoms with van der Waals surface area (Å²) < 4.78 is 34.3. The number of aromatic nitrogens is 1. The van der Waals surface area contributed by atoms with Gasteiger partial charge in [-0.2, -0.15) is 0 Å². The number of rotatable bonds is 18. The summed E-state index contributed by atoms with van der Waals surface area (Å²) in [4.78, 5) is 61.0. The Morgan fingerprint density at radius 3 is 2.40 bits per heavy atom. The number of guanidine groups is 1. The SMILES string of the molecule is COC(=O)c1cccc(CS(=O)(=O)N[C@@H](C(=O)N[C@@H](CC(C)C)C(=O)N[C@@H](CCCN=C(N)N)C(=O)c2nccs2)C2CCCCC2)c1. The molecule has 2 amide bonds. The molecule has 3 atom stereocenters. The Hall–Kier alpha value is -3.89. The topological polar surface area (TPSA) is 225 Å². The molecule has 16 heteroatoms. The number of aliphatic imine (C=N–C) groups is 1. The first kappa shape index (κ1) is 38.6. The highest BCUT2D eigenvalue weighted by Crippen LogP contribution is 2.28. The number of hydrogen-bond acceptors (Lipinski definition) is 10. The number of Topliss-reactive ketones (excluding diaryl/α,β-unsaturated/α-hetero) is 1. The number of ether oxygens (including phenoxy) is 1. The van der Waals surface area contributed by atoms with Gasteiger partial charge in [-0.15, -0.1) is 11.3 Å². The van der Waals surface area contributed by atoms with Crippen LogP contribution in [0.2, 0.25) is 0 Å². The number of hydrogen-bond donors (Lipinski definition) is 5. The number of nitrogens with two attached hydrogens (primary N) is 2. The number of amides is 2. The average molecular weight is 706 g/mol. The van der Waals surface area contributed by atoms with Gasteiger partial charge in [-0.05, 0) is 61.6 Å². The Kier molecular flexibility index (Phi) is 14.9. The Labute approximate surface area is 285 Å². The van der Waals surface area contributed by atoms with Crippen molar-refractivity contribution in [3.63, 3.8) is 0 Å². The molecule has 1 aliphatic carbocycles. The summed E-state index contributed by atoms with van der Waals surface area (Å²) in [5.41, 5.74) is 11.4. The second-order valence-electron chi connectivity index (χ2n) is 12.3. The number of nitrogens with one attached hydrogen (secondary N) is 3. The van der Waals surface area contributed by atoms with Crippen LogP contribution in [0.15, 0.2) is 40.8 Å². The van der Waals surface area contributed by atoms with E-state index in [1.165, 1.54) is 25.4 Å². The van der Waals surface area contributed by atoms with Gasteiger partial charge in [-0.25, -0.2) is 22.9 Å². The predicted octanol–water partition coefficient (Wildman–Crippen LogP) is 2.25. The van der Waals surface area contributed by atoms with Crippen LogP contribution in [-0.2, 0) is 30.1 Å². The summed E-state index contributed by atoms with van der Waals surface area (Å²) in [5, 5.41) is 7.50. The van der Waals surface area contributed by atoms with E-state index in [0.717, 1.165) is 30.6 Å². The molecule has 1 aromatic heterocycles. The van der Waals surface area contributed by atoms with Crippen LogP contribution in [-0.4, -0.2) is 74.7 Å². The summed E-state index contributed by atoms with van der Waals surface area (Å²) in [5.74, 6) is -3.02. The molecule has 48 heavy (non-hydrogen) atoms. The van der Waals surface area contributed by atoms with Crippen molar-refractivity contribution in [1.29, 1.82) is 0 Å². The van der Waals surface area contributed by atoms with Gasteiger partial charge < -0.3 is 26.8 Å². The third kappa shape index (κ3) is 12.3. The number of methoxy groups -OCH3 is 1. The Morgan fingerprint density at radius 1 is 1.06 bits per heavy atom. The van der Waals surface area contributed by atoms with Crippen LogP contribution in [0.3, 0.4) is 0 Å². The predicted molar refractivity (Wildman–Crippen MR) is 184 cm³/mol. The lowest BCUT2D eigenvalue weighted by Crippen LogP contribution is -2.57. The van der Waals surface area contributed by atoms with Gasteiger partial charge in [0.15, 0.2) is 11.0 Å². The van der Waals surface area contributed by atoms with Crippen LogP contribution in [0.4, 0.5) is 0 Å². The third-order valence-electron chi connectivity index (χ3n) is 7.98. The van der Waals surface area contributed by atoms with Crippen LogP contribution in [0.25, 0.3) is 0 Å². The van der Waals surface area contributed by atoms with Crippen molar-refractivity contribution in [2.24, 2.45) is 28.3 Å². The van der Waals surface area contributed by atoms with E-state index in [4.69, 9.17) is 16.2 Å². The zero-order valence-corrected chi connectivity index (χ0v) is 29.3. The van der Waals surface area contributed by atoms with Gasteiger partial charge >= 0.3 is 5.97 Å². The molecule has 1 aliphatic rings. The highest BCUT2D eigenvalue weighted by Gasteiger charge is 2.36. The molecule has 7 N–H and O–H groups in total.